The summed E-state index contributed by atoms with van der Waals surface area (Å²) in [4.78, 5) is 46.5. The van der Waals surface area contributed by atoms with Gasteiger partial charge in [0.2, 0.25) is 5.91 Å². The number of rotatable bonds is 10. The molecule has 0 bridgehead atoms. The highest BCUT2D eigenvalue weighted by molar-refractivity contribution is 6.30. The molecule has 0 saturated carbocycles. The Morgan fingerprint density at radius 2 is 1.79 bits per heavy atom. The average Bonchev–Trinajstić information content (AvgIpc) is 3.09. The molecule has 0 aliphatic carbocycles. The molecule has 9 nitrogen and oxygen atoms in total. The van der Waals surface area contributed by atoms with Crippen LogP contribution in [0.25, 0.3) is 11.1 Å². The summed E-state index contributed by atoms with van der Waals surface area (Å²) in [6.07, 6.45) is -0.539. The predicted octanol–water partition coefficient (Wildman–Crippen LogP) is 3.75. The maximum atomic E-state index is 12.4. The number of halogens is 1. The zero-order valence-electron chi connectivity index (χ0n) is 18.2. The maximum absolute atomic E-state index is 12.4. The summed E-state index contributed by atoms with van der Waals surface area (Å²) >= 11 is 6.06. The summed E-state index contributed by atoms with van der Waals surface area (Å²) in [5.74, 6) is -3.71. The molecular formula is C24H22ClNO8. The van der Waals surface area contributed by atoms with E-state index in [9.17, 15) is 19.2 Å². The molecule has 0 radical (unpaired) electrons. The fourth-order valence-electron chi connectivity index (χ4n) is 3.25. The molecule has 0 aliphatic rings. The number of carbonyl (C=O) groups excluding carboxylic acids is 2. The first-order valence-electron chi connectivity index (χ1n) is 10.4. The lowest BCUT2D eigenvalue weighted by atomic mass is 9.99. The molecule has 10 heteroatoms. The summed E-state index contributed by atoms with van der Waals surface area (Å²) in [5, 5.41) is 12.1. The topological polar surface area (TPSA) is 136 Å². The van der Waals surface area contributed by atoms with Gasteiger partial charge in [-0.1, -0.05) is 48.0 Å². The number of carbonyl (C=O) groups is 3. The van der Waals surface area contributed by atoms with Crippen molar-refractivity contribution >= 4 is 29.4 Å². The SMILES string of the molecule is Cc1oc(=O)oc1OC(=O)C[C@@H](Cc1ccc(-c2cccc(Cl)c2)cc1)NC(=O)CCC(=O)O. The summed E-state index contributed by atoms with van der Waals surface area (Å²) in [6, 6.07) is 14.2. The number of ether oxygens (including phenoxy) is 1. The molecule has 1 heterocycles. The van der Waals surface area contributed by atoms with Crippen molar-refractivity contribution in [1.29, 1.82) is 0 Å². The molecule has 2 aromatic carbocycles. The quantitative estimate of drug-likeness (QED) is 0.412. The monoisotopic (exact) mass is 487 g/mol. The molecule has 3 rings (SSSR count). The minimum atomic E-state index is -1.10. The molecule has 1 aromatic heterocycles. The molecule has 3 aromatic rings. The zero-order valence-corrected chi connectivity index (χ0v) is 19.0. The van der Waals surface area contributed by atoms with Crippen molar-refractivity contribution in [2.45, 2.75) is 38.6 Å². The van der Waals surface area contributed by atoms with E-state index >= 15 is 0 Å². The minimum absolute atomic E-state index is 0.0111. The second kappa shape index (κ2) is 11.3. The van der Waals surface area contributed by atoms with E-state index in [0.717, 1.165) is 16.7 Å². The van der Waals surface area contributed by atoms with Crippen LogP contribution < -0.4 is 15.9 Å². The summed E-state index contributed by atoms with van der Waals surface area (Å²) in [5.41, 5.74) is 2.71. The number of esters is 1. The minimum Gasteiger partial charge on any atom is -0.481 e. The van der Waals surface area contributed by atoms with Crippen molar-refractivity contribution in [2.75, 3.05) is 0 Å². The second-order valence-electron chi connectivity index (χ2n) is 7.55. The van der Waals surface area contributed by atoms with Gasteiger partial charge in [0.15, 0.2) is 5.76 Å². The first-order chi connectivity index (χ1) is 16.2. The molecular weight excluding hydrogens is 466 g/mol. The Morgan fingerprint density at radius 1 is 1.06 bits per heavy atom. The van der Waals surface area contributed by atoms with Crippen LogP contribution in [0.15, 0.2) is 62.2 Å². The third-order valence-electron chi connectivity index (χ3n) is 4.84. The number of hydrogen-bond acceptors (Lipinski definition) is 7. The molecule has 0 aliphatic heterocycles. The van der Waals surface area contributed by atoms with E-state index < -0.39 is 29.7 Å². The number of benzene rings is 2. The first kappa shape index (κ1) is 24.8. The summed E-state index contributed by atoms with van der Waals surface area (Å²) in [6.45, 7) is 1.40. The van der Waals surface area contributed by atoms with Gasteiger partial charge in [0.05, 0.1) is 12.8 Å². The average molecular weight is 488 g/mol. The van der Waals surface area contributed by atoms with Crippen LogP contribution in [0, 0.1) is 6.92 Å². The Labute approximate surface area is 199 Å². The van der Waals surface area contributed by atoms with Gasteiger partial charge in [-0.2, -0.15) is 0 Å². The molecule has 178 valence electrons. The highest BCUT2D eigenvalue weighted by Gasteiger charge is 2.21. The van der Waals surface area contributed by atoms with E-state index in [4.69, 9.17) is 21.4 Å². The van der Waals surface area contributed by atoms with Crippen molar-refractivity contribution in [3.05, 3.63) is 75.5 Å². The van der Waals surface area contributed by atoms with Crippen LogP contribution in [0.2, 0.25) is 5.02 Å². The van der Waals surface area contributed by atoms with Gasteiger partial charge < -0.3 is 24.0 Å². The lowest BCUT2D eigenvalue weighted by Gasteiger charge is -2.18. The van der Waals surface area contributed by atoms with Gasteiger partial charge in [0, 0.05) is 24.4 Å². The van der Waals surface area contributed by atoms with Crippen molar-refractivity contribution in [3.8, 4) is 17.1 Å². The van der Waals surface area contributed by atoms with Gasteiger partial charge >= 0.3 is 23.7 Å². The van der Waals surface area contributed by atoms with Crippen molar-refractivity contribution in [3.63, 3.8) is 0 Å². The lowest BCUT2D eigenvalue weighted by molar-refractivity contribution is -0.139. The van der Waals surface area contributed by atoms with Gasteiger partial charge in [-0.3, -0.25) is 14.4 Å². The zero-order chi connectivity index (χ0) is 24.7. The highest BCUT2D eigenvalue weighted by atomic mass is 35.5. The van der Waals surface area contributed by atoms with E-state index in [1.807, 2.05) is 42.5 Å². The van der Waals surface area contributed by atoms with Gasteiger partial charge in [0.25, 0.3) is 0 Å². The number of aryl methyl sites for hydroxylation is 1. The largest absolute Gasteiger partial charge is 0.521 e. The standard InChI is InChI=1S/C24H22ClNO8/c1-14-23(34-24(31)32-14)33-22(30)13-19(26-20(27)9-10-21(28)29)11-15-5-7-16(8-6-15)17-3-2-4-18(25)12-17/h2-8,12,19H,9-11,13H2,1H3,(H,26,27)(H,28,29)/t19-/m1/s1. The van der Waals surface area contributed by atoms with Crippen LogP contribution in [0.1, 0.15) is 30.6 Å². The summed E-state index contributed by atoms with van der Waals surface area (Å²) in [7, 11) is 0. The van der Waals surface area contributed by atoms with Gasteiger partial charge in [-0.05, 0) is 35.2 Å². The van der Waals surface area contributed by atoms with Gasteiger partial charge in [-0.15, -0.1) is 0 Å². The Hall–Kier alpha value is -3.85. The molecule has 0 spiro atoms. The third kappa shape index (κ3) is 7.35. The molecule has 0 unspecified atom stereocenters. The van der Waals surface area contributed by atoms with Gasteiger partial charge in [-0.25, -0.2) is 4.79 Å². The molecule has 1 atom stereocenters. The molecule has 34 heavy (non-hydrogen) atoms. The summed E-state index contributed by atoms with van der Waals surface area (Å²) < 4.78 is 14.4. The maximum Gasteiger partial charge on any atom is 0.521 e. The number of aliphatic carboxylic acids is 1. The van der Waals surface area contributed by atoms with Crippen LogP contribution in [0.3, 0.4) is 0 Å². The van der Waals surface area contributed by atoms with Crippen LogP contribution >= 0.6 is 11.6 Å². The van der Waals surface area contributed by atoms with Crippen LogP contribution in [0.5, 0.6) is 5.95 Å². The van der Waals surface area contributed by atoms with Gasteiger partial charge in [0.1, 0.15) is 0 Å². The molecule has 0 saturated heterocycles. The third-order valence-corrected chi connectivity index (χ3v) is 5.08. The van der Waals surface area contributed by atoms with E-state index in [1.165, 1.54) is 6.92 Å². The van der Waals surface area contributed by atoms with E-state index in [0.29, 0.717) is 5.02 Å². The number of carboxylic acids is 1. The Balaban J connectivity index is 1.71. The molecule has 2 N–H and O–H groups in total. The number of nitrogens with one attached hydrogen (secondary N) is 1. The van der Waals surface area contributed by atoms with Crippen molar-refractivity contribution < 1.29 is 33.1 Å². The second-order valence-corrected chi connectivity index (χ2v) is 7.98. The molecule has 0 fully saturated rings. The lowest BCUT2D eigenvalue weighted by Crippen LogP contribution is -2.39. The Kier molecular flexibility index (Phi) is 8.26. The predicted molar refractivity (Wildman–Crippen MR) is 122 cm³/mol. The number of hydrogen-bond donors (Lipinski definition) is 2. The van der Waals surface area contributed by atoms with Crippen LogP contribution in [-0.4, -0.2) is 29.0 Å². The van der Waals surface area contributed by atoms with E-state index in [2.05, 4.69) is 14.2 Å². The van der Waals surface area contributed by atoms with Crippen LogP contribution in [0.4, 0.5) is 0 Å². The Bertz CT molecular complexity index is 1230. The highest BCUT2D eigenvalue weighted by Crippen LogP contribution is 2.23. The van der Waals surface area contributed by atoms with Crippen LogP contribution in [-0.2, 0) is 20.8 Å². The number of carboxylic acid groups (broad SMARTS) is 1. The Morgan fingerprint density at radius 3 is 2.41 bits per heavy atom. The normalized spacial score (nSPS) is 11.6. The van der Waals surface area contributed by atoms with Crippen molar-refractivity contribution in [2.24, 2.45) is 0 Å². The van der Waals surface area contributed by atoms with Crippen molar-refractivity contribution in [1.82, 2.24) is 5.32 Å². The van der Waals surface area contributed by atoms with E-state index in [-0.39, 0.29) is 37.4 Å². The molecule has 1 amide bonds. The van der Waals surface area contributed by atoms with E-state index in [1.54, 1.807) is 6.07 Å². The fraction of sp³-hybridized carbons (Fsp3) is 0.250. The number of amides is 1. The fourth-order valence-corrected chi connectivity index (χ4v) is 3.44. The smallest absolute Gasteiger partial charge is 0.481 e. The first-order valence-corrected chi connectivity index (χ1v) is 10.7.